The highest BCUT2D eigenvalue weighted by molar-refractivity contribution is 6.34. The molecule has 0 unspecified atom stereocenters. The third-order valence-corrected chi connectivity index (χ3v) is 3.46. The average Bonchev–Trinajstić information content (AvgIpc) is 2.37. The van der Waals surface area contributed by atoms with E-state index in [0.29, 0.717) is 11.6 Å². The molecule has 1 aliphatic heterocycles. The summed E-state index contributed by atoms with van der Waals surface area (Å²) in [6.45, 7) is 2.32. The van der Waals surface area contributed by atoms with Gasteiger partial charge in [0, 0.05) is 19.8 Å². The maximum Gasteiger partial charge on any atom is 0.339 e. The minimum absolute atomic E-state index is 0.145. The monoisotopic (exact) mass is 269 g/mol. The fourth-order valence-electron chi connectivity index (χ4n) is 2.09. The minimum atomic E-state index is -1.00. The van der Waals surface area contributed by atoms with Gasteiger partial charge in [0.1, 0.15) is 5.56 Å². The molecule has 18 heavy (non-hydrogen) atoms. The van der Waals surface area contributed by atoms with Crippen molar-refractivity contribution in [3.8, 4) is 0 Å². The Morgan fingerprint density at radius 1 is 1.44 bits per heavy atom. The maximum atomic E-state index is 11.1. The van der Waals surface area contributed by atoms with E-state index in [9.17, 15) is 4.79 Å². The van der Waals surface area contributed by atoms with E-state index in [4.69, 9.17) is 21.4 Å². The first-order valence-corrected chi connectivity index (χ1v) is 6.39. The standard InChI is InChI=1S/C13H16ClNO3/c14-10-2-1-3-11(12(10)13(16)17)15-8-9-4-6-18-7-5-9/h1-3,9,15H,4-8H2,(H,16,17). The van der Waals surface area contributed by atoms with Crippen LogP contribution in [0.4, 0.5) is 5.69 Å². The number of rotatable bonds is 4. The quantitative estimate of drug-likeness (QED) is 0.882. The zero-order valence-corrected chi connectivity index (χ0v) is 10.7. The fourth-order valence-corrected chi connectivity index (χ4v) is 2.35. The number of halogens is 1. The second kappa shape index (κ2) is 6.07. The molecule has 0 amide bonds. The van der Waals surface area contributed by atoms with Gasteiger partial charge in [0.2, 0.25) is 0 Å². The van der Waals surface area contributed by atoms with Gasteiger partial charge < -0.3 is 15.2 Å². The topological polar surface area (TPSA) is 58.6 Å². The number of hydrogen-bond donors (Lipinski definition) is 2. The Morgan fingerprint density at radius 3 is 2.83 bits per heavy atom. The maximum absolute atomic E-state index is 11.1. The lowest BCUT2D eigenvalue weighted by molar-refractivity contribution is 0.0689. The number of hydrogen-bond acceptors (Lipinski definition) is 3. The molecule has 0 radical (unpaired) electrons. The van der Waals surface area contributed by atoms with E-state index in [-0.39, 0.29) is 10.6 Å². The van der Waals surface area contributed by atoms with Crippen LogP contribution in [0.15, 0.2) is 18.2 Å². The molecule has 5 heteroatoms. The summed E-state index contributed by atoms with van der Waals surface area (Å²) in [6, 6.07) is 5.08. The second-order valence-corrected chi connectivity index (χ2v) is 4.81. The molecule has 1 aliphatic rings. The van der Waals surface area contributed by atoms with Crippen molar-refractivity contribution in [1.29, 1.82) is 0 Å². The summed E-state index contributed by atoms with van der Waals surface area (Å²) in [5.74, 6) is -0.477. The smallest absolute Gasteiger partial charge is 0.339 e. The highest BCUT2D eigenvalue weighted by Crippen LogP contribution is 2.25. The molecule has 98 valence electrons. The predicted molar refractivity (Wildman–Crippen MR) is 70.4 cm³/mol. The first kappa shape index (κ1) is 13.2. The predicted octanol–water partition coefficient (Wildman–Crippen LogP) is 2.88. The van der Waals surface area contributed by atoms with Gasteiger partial charge in [0.15, 0.2) is 0 Å². The van der Waals surface area contributed by atoms with Crippen molar-refractivity contribution in [3.63, 3.8) is 0 Å². The Hall–Kier alpha value is -1.26. The molecule has 0 atom stereocenters. The minimum Gasteiger partial charge on any atom is -0.478 e. The van der Waals surface area contributed by atoms with E-state index in [1.165, 1.54) is 0 Å². The summed E-state index contributed by atoms with van der Waals surface area (Å²) in [4.78, 5) is 11.1. The van der Waals surface area contributed by atoms with Gasteiger partial charge in [-0.2, -0.15) is 0 Å². The summed E-state index contributed by atoms with van der Waals surface area (Å²) in [5.41, 5.74) is 0.729. The number of nitrogens with one attached hydrogen (secondary N) is 1. The number of aromatic carboxylic acids is 1. The van der Waals surface area contributed by atoms with Crippen LogP contribution < -0.4 is 5.32 Å². The van der Waals surface area contributed by atoms with Gasteiger partial charge in [0.25, 0.3) is 0 Å². The average molecular weight is 270 g/mol. The van der Waals surface area contributed by atoms with Crippen LogP contribution in [0.25, 0.3) is 0 Å². The fraction of sp³-hybridized carbons (Fsp3) is 0.462. The number of carbonyl (C=O) groups is 1. The van der Waals surface area contributed by atoms with Gasteiger partial charge in [-0.1, -0.05) is 17.7 Å². The van der Waals surface area contributed by atoms with Gasteiger partial charge in [-0.3, -0.25) is 0 Å². The number of ether oxygens (including phenoxy) is 1. The summed E-state index contributed by atoms with van der Waals surface area (Å²) >= 11 is 5.91. The van der Waals surface area contributed by atoms with Gasteiger partial charge in [-0.05, 0) is 30.9 Å². The molecule has 1 heterocycles. The summed E-state index contributed by atoms with van der Waals surface area (Å²) < 4.78 is 5.29. The molecule has 1 aromatic rings. The molecule has 0 saturated carbocycles. The van der Waals surface area contributed by atoms with E-state index in [1.54, 1.807) is 18.2 Å². The third-order valence-electron chi connectivity index (χ3n) is 3.15. The molecule has 2 rings (SSSR count). The van der Waals surface area contributed by atoms with Crippen LogP contribution in [0.3, 0.4) is 0 Å². The molecule has 1 fully saturated rings. The number of benzene rings is 1. The van der Waals surface area contributed by atoms with Crippen molar-refractivity contribution < 1.29 is 14.6 Å². The van der Waals surface area contributed by atoms with E-state index >= 15 is 0 Å². The highest BCUT2D eigenvalue weighted by atomic mass is 35.5. The van der Waals surface area contributed by atoms with E-state index in [2.05, 4.69) is 5.32 Å². The number of carboxylic acid groups (broad SMARTS) is 1. The van der Waals surface area contributed by atoms with Crippen LogP contribution in [0, 0.1) is 5.92 Å². The van der Waals surface area contributed by atoms with Crippen LogP contribution in [-0.4, -0.2) is 30.8 Å². The summed E-state index contributed by atoms with van der Waals surface area (Å²) in [5, 5.41) is 12.6. The van der Waals surface area contributed by atoms with Crippen molar-refractivity contribution in [3.05, 3.63) is 28.8 Å². The Bertz CT molecular complexity index is 430. The molecule has 1 saturated heterocycles. The largest absolute Gasteiger partial charge is 0.478 e. The van der Waals surface area contributed by atoms with Crippen molar-refractivity contribution in [2.45, 2.75) is 12.8 Å². The number of anilines is 1. The lowest BCUT2D eigenvalue weighted by atomic mass is 10.00. The van der Waals surface area contributed by atoms with Gasteiger partial charge in [-0.25, -0.2) is 4.79 Å². The zero-order chi connectivity index (χ0) is 13.0. The molecule has 2 N–H and O–H groups in total. The normalized spacial score (nSPS) is 16.5. The van der Waals surface area contributed by atoms with Crippen molar-refractivity contribution in [2.24, 2.45) is 5.92 Å². The van der Waals surface area contributed by atoms with Crippen LogP contribution >= 0.6 is 11.6 Å². The lowest BCUT2D eigenvalue weighted by Crippen LogP contribution is -2.23. The van der Waals surface area contributed by atoms with Gasteiger partial charge >= 0.3 is 5.97 Å². The van der Waals surface area contributed by atoms with E-state index < -0.39 is 5.97 Å². The Balaban J connectivity index is 2.04. The molecular formula is C13H16ClNO3. The van der Waals surface area contributed by atoms with Crippen molar-refractivity contribution >= 4 is 23.3 Å². The van der Waals surface area contributed by atoms with Crippen LogP contribution in [0.2, 0.25) is 5.02 Å². The van der Waals surface area contributed by atoms with Gasteiger partial charge in [-0.15, -0.1) is 0 Å². The molecule has 0 bridgehead atoms. The second-order valence-electron chi connectivity index (χ2n) is 4.40. The van der Waals surface area contributed by atoms with E-state index in [0.717, 1.165) is 32.6 Å². The van der Waals surface area contributed by atoms with Crippen molar-refractivity contribution in [2.75, 3.05) is 25.1 Å². The van der Waals surface area contributed by atoms with Crippen LogP contribution in [0.1, 0.15) is 23.2 Å². The molecule has 4 nitrogen and oxygen atoms in total. The Morgan fingerprint density at radius 2 is 2.17 bits per heavy atom. The van der Waals surface area contributed by atoms with Crippen LogP contribution in [-0.2, 0) is 4.74 Å². The number of carboxylic acids is 1. The summed E-state index contributed by atoms with van der Waals surface area (Å²) in [6.07, 6.45) is 2.02. The summed E-state index contributed by atoms with van der Waals surface area (Å²) in [7, 11) is 0. The first-order valence-electron chi connectivity index (χ1n) is 6.02. The zero-order valence-electron chi connectivity index (χ0n) is 9.99. The lowest BCUT2D eigenvalue weighted by Gasteiger charge is -2.23. The SMILES string of the molecule is O=C(O)c1c(Cl)cccc1NCC1CCOCC1. The molecular weight excluding hydrogens is 254 g/mol. The van der Waals surface area contributed by atoms with Crippen molar-refractivity contribution in [1.82, 2.24) is 0 Å². The van der Waals surface area contributed by atoms with E-state index in [1.807, 2.05) is 0 Å². The molecule has 0 spiro atoms. The first-order chi connectivity index (χ1) is 8.68. The Kier molecular flexibility index (Phi) is 4.44. The highest BCUT2D eigenvalue weighted by Gasteiger charge is 2.17. The third kappa shape index (κ3) is 3.15. The molecule has 0 aliphatic carbocycles. The van der Waals surface area contributed by atoms with Gasteiger partial charge in [0.05, 0.1) is 10.7 Å². The Labute approximate surface area is 111 Å². The van der Waals surface area contributed by atoms with Crippen LogP contribution in [0.5, 0.6) is 0 Å². The molecule has 0 aromatic heterocycles. The molecule has 1 aromatic carbocycles.